The smallest absolute Gasteiger partial charge is 0.319 e. The van der Waals surface area contributed by atoms with Crippen LogP contribution in [-0.4, -0.2) is 54.7 Å². The zero-order chi connectivity index (χ0) is 18.9. The average molecular weight is 364 g/mol. The van der Waals surface area contributed by atoms with E-state index < -0.39 is 4.92 Å². The average Bonchev–Trinajstić information content (AvgIpc) is 2.66. The monoisotopic (exact) mass is 364 g/mol. The van der Waals surface area contributed by atoms with E-state index in [9.17, 15) is 14.9 Å². The summed E-state index contributed by atoms with van der Waals surface area (Å²) in [6.07, 6.45) is 2.10. The van der Waals surface area contributed by atoms with Crippen molar-refractivity contribution in [1.82, 2.24) is 10.2 Å². The Morgan fingerprint density at radius 2 is 2.00 bits per heavy atom. The van der Waals surface area contributed by atoms with Crippen LogP contribution in [0.3, 0.4) is 0 Å². The fourth-order valence-corrected chi connectivity index (χ4v) is 3.41. The van der Waals surface area contributed by atoms with Gasteiger partial charge < -0.3 is 15.4 Å². The van der Waals surface area contributed by atoms with Crippen LogP contribution in [0.1, 0.15) is 26.7 Å². The molecule has 26 heavy (non-hydrogen) atoms. The molecule has 0 saturated carbocycles. The van der Waals surface area contributed by atoms with Crippen molar-refractivity contribution in [2.75, 3.05) is 38.2 Å². The minimum Gasteiger partial charge on any atom is -0.379 e. The number of carbonyl (C=O) groups excluding carboxylic acids is 1. The van der Waals surface area contributed by atoms with Crippen molar-refractivity contribution in [3.05, 3.63) is 34.4 Å². The van der Waals surface area contributed by atoms with E-state index in [1.165, 1.54) is 12.1 Å². The Balaban J connectivity index is 1.95. The second-order valence-corrected chi connectivity index (χ2v) is 6.43. The summed E-state index contributed by atoms with van der Waals surface area (Å²) in [5.41, 5.74) is 0.355. The molecule has 1 aliphatic heterocycles. The molecule has 2 amide bonds. The second-order valence-electron chi connectivity index (χ2n) is 6.43. The number of rotatable bonds is 8. The number of non-ortho nitro benzene ring substituents is 1. The Hall–Kier alpha value is -2.19. The number of ether oxygens (including phenoxy) is 1. The molecule has 1 aliphatic rings. The molecule has 1 saturated heterocycles. The van der Waals surface area contributed by atoms with Gasteiger partial charge in [-0.25, -0.2) is 4.79 Å². The maximum absolute atomic E-state index is 12.2. The molecule has 0 aromatic heterocycles. The molecule has 0 radical (unpaired) electrons. The Kier molecular flexibility index (Phi) is 7.80. The summed E-state index contributed by atoms with van der Waals surface area (Å²) in [6.45, 7) is 8.06. The maximum atomic E-state index is 12.2. The molecular weight excluding hydrogens is 336 g/mol. The lowest BCUT2D eigenvalue weighted by Crippen LogP contribution is -2.52. The van der Waals surface area contributed by atoms with Gasteiger partial charge in [-0.05, 0) is 12.0 Å². The van der Waals surface area contributed by atoms with Gasteiger partial charge in [0.2, 0.25) is 0 Å². The number of hydrogen-bond acceptors (Lipinski definition) is 5. The molecular formula is C18H28N4O4. The lowest BCUT2D eigenvalue weighted by molar-refractivity contribution is -0.384. The molecule has 1 aromatic carbocycles. The molecule has 8 nitrogen and oxygen atoms in total. The van der Waals surface area contributed by atoms with Crippen LogP contribution in [0.15, 0.2) is 24.3 Å². The molecule has 1 fully saturated rings. The fourth-order valence-electron chi connectivity index (χ4n) is 3.41. The first kappa shape index (κ1) is 20.1. The van der Waals surface area contributed by atoms with Crippen LogP contribution in [0, 0.1) is 16.0 Å². The summed E-state index contributed by atoms with van der Waals surface area (Å²) in [6, 6.07) is 5.82. The van der Waals surface area contributed by atoms with Gasteiger partial charge in [0.25, 0.3) is 5.69 Å². The number of urea groups is 1. The summed E-state index contributed by atoms with van der Waals surface area (Å²) < 4.78 is 5.44. The van der Waals surface area contributed by atoms with Gasteiger partial charge in [-0.15, -0.1) is 0 Å². The van der Waals surface area contributed by atoms with E-state index in [1.807, 2.05) is 0 Å². The van der Waals surface area contributed by atoms with Crippen molar-refractivity contribution in [2.24, 2.45) is 5.92 Å². The van der Waals surface area contributed by atoms with Crippen LogP contribution in [-0.2, 0) is 4.74 Å². The SMILES string of the molecule is CCC(CC)[C@@H](CNC(=O)Nc1cccc([N+](=O)[O-])c1)N1CCOCC1. The number of anilines is 1. The third kappa shape index (κ3) is 5.67. The standard InChI is InChI=1S/C18H28N4O4/c1-3-14(4-2)17(21-8-10-26-11-9-21)13-19-18(23)20-15-6-5-7-16(12-15)22(24)25/h5-7,12,14,17H,3-4,8-11,13H2,1-2H3,(H2,19,20,23)/t17-/m1/s1. The maximum Gasteiger partial charge on any atom is 0.319 e. The molecule has 2 N–H and O–H groups in total. The highest BCUT2D eigenvalue weighted by molar-refractivity contribution is 5.89. The minimum atomic E-state index is -0.482. The summed E-state index contributed by atoms with van der Waals surface area (Å²) in [4.78, 5) is 25.0. The number of nitrogens with zero attached hydrogens (tertiary/aromatic N) is 2. The van der Waals surface area contributed by atoms with Crippen LogP contribution < -0.4 is 10.6 Å². The Morgan fingerprint density at radius 3 is 2.62 bits per heavy atom. The van der Waals surface area contributed by atoms with Crippen LogP contribution in [0.4, 0.5) is 16.2 Å². The van der Waals surface area contributed by atoms with Crippen molar-refractivity contribution in [2.45, 2.75) is 32.7 Å². The second kappa shape index (κ2) is 10.1. The zero-order valence-electron chi connectivity index (χ0n) is 15.4. The third-order valence-electron chi connectivity index (χ3n) is 4.89. The van der Waals surface area contributed by atoms with Crippen molar-refractivity contribution in [3.63, 3.8) is 0 Å². The molecule has 144 valence electrons. The number of hydrogen-bond donors (Lipinski definition) is 2. The van der Waals surface area contributed by atoms with E-state index in [2.05, 4.69) is 29.4 Å². The van der Waals surface area contributed by atoms with E-state index in [4.69, 9.17) is 4.74 Å². The summed E-state index contributed by atoms with van der Waals surface area (Å²) in [5, 5.41) is 16.4. The number of amides is 2. The van der Waals surface area contributed by atoms with Gasteiger partial charge >= 0.3 is 6.03 Å². The molecule has 0 aliphatic carbocycles. The van der Waals surface area contributed by atoms with Crippen LogP contribution in [0.25, 0.3) is 0 Å². The molecule has 8 heteroatoms. The van der Waals surface area contributed by atoms with E-state index in [1.54, 1.807) is 12.1 Å². The number of carbonyl (C=O) groups is 1. The Labute approximate surface area is 154 Å². The molecule has 0 spiro atoms. The molecule has 2 rings (SSSR count). The van der Waals surface area contributed by atoms with Gasteiger partial charge in [-0.3, -0.25) is 15.0 Å². The van der Waals surface area contributed by atoms with E-state index in [-0.39, 0.29) is 17.8 Å². The molecule has 1 aromatic rings. The third-order valence-corrected chi connectivity index (χ3v) is 4.89. The first-order valence-corrected chi connectivity index (χ1v) is 9.16. The highest BCUT2D eigenvalue weighted by Gasteiger charge is 2.27. The first-order valence-electron chi connectivity index (χ1n) is 9.16. The quantitative estimate of drug-likeness (QED) is 0.546. The van der Waals surface area contributed by atoms with Gasteiger partial charge in [-0.1, -0.05) is 32.8 Å². The molecule has 1 heterocycles. The van der Waals surface area contributed by atoms with Crippen molar-refractivity contribution < 1.29 is 14.5 Å². The molecule has 1 atom stereocenters. The number of morpholine rings is 1. The van der Waals surface area contributed by atoms with Gasteiger partial charge in [0, 0.05) is 43.5 Å². The minimum absolute atomic E-state index is 0.0500. The lowest BCUT2D eigenvalue weighted by atomic mass is 9.92. The van der Waals surface area contributed by atoms with E-state index in [0.29, 0.717) is 18.2 Å². The topological polar surface area (TPSA) is 96.7 Å². The highest BCUT2D eigenvalue weighted by atomic mass is 16.6. The van der Waals surface area contributed by atoms with Gasteiger partial charge in [0.05, 0.1) is 18.1 Å². The normalized spacial score (nSPS) is 16.3. The number of benzene rings is 1. The van der Waals surface area contributed by atoms with Gasteiger partial charge in [0.15, 0.2) is 0 Å². The first-order chi connectivity index (χ1) is 12.5. The van der Waals surface area contributed by atoms with Crippen molar-refractivity contribution in [1.29, 1.82) is 0 Å². The van der Waals surface area contributed by atoms with E-state index in [0.717, 1.165) is 39.1 Å². The predicted octanol–water partition coefficient (Wildman–Crippen LogP) is 2.85. The summed E-state index contributed by atoms with van der Waals surface area (Å²) in [5.74, 6) is 0.492. The summed E-state index contributed by atoms with van der Waals surface area (Å²) >= 11 is 0. The Bertz CT molecular complexity index is 601. The molecule has 0 unspecified atom stereocenters. The molecule has 0 bridgehead atoms. The lowest BCUT2D eigenvalue weighted by Gasteiger charge is -2.38. The van der Waals surface area contributed by atoms with Crippen LogP contribution in [0.2, 0.25) is 0 Å². The largest absolute Gasteiger partial charge is 0.379 e. The summed E-state index contributed by atoms with van der Waals surface area (Å²) in [7, 11) is 0. The number of nitrogens with one attached hydrogen (secondary N) is 2. The van der Waals surface area contributed by atoms with Gasteiger partial charge in [0.1, 0.15) is 0 Å². The van der Waals surface area contributed by atoms with Crippen LogP contribution in [0.5, 0.6) is 0 Å². The highest BCUT2D eigenvalue weighted by Crippen LogP contribution is 2.20. The Morgan fingerprint density at radius 1 is 1.31 bits per heavy atom. The van der Waals surface area contributed by atoms with Crippen LogP contribution >= 0.6 is 0 Å². The number of nitro groups is 1. The zero-order valence-corrected chi connectivity index (χ0v) is 15.4. The van der Waals surface area contributed by atoms with E-state index >= 15 is 0 Å². The number of nitro benzene ring substituents is 1. The predicted molar refractivity (Wildman–Crippen MR) is 100 cm³/mol. The van der Waals surface area contributed by atoms with Crippen molar-refractivity contribution >= 4 is 17.4 Å². The van der Waals surface area contributed by atoms with Gasteiger partial charge in [-0.2, -0.15) is 0 Å². The van der Waals surface area contributed by atoms with Crippen molar-refractivity contribution in [3.8, 4) is 0 Å². The fraction of sp³-hybridized carbons (Fsp3) is 0.611.